The molecule has 0 amide bonds. The lowest BCUT2D eigenvalue weighted by Gasteiger charge is -2.43. The molecule has 5 nitrogen and oxygen atoms in total. The molecule has 124 valence electrons. The number of aromatic nitrogens is 2. The van der Waals surface area contributed by atoms with E-state index in [4.69, 9.17) is 0 Å². The van der Waals surface area contributed by atoms with Gasteiger partial charge in [0.2, 0.25) is 0 Å². The van der Waals surface area contributed by atoms with Crippen LogP contribution in [0.1, 0.15) is 18.4 Å². The number of rotatable bonds is 2. The molecule has 0 radical (unpaired) electrons. The minimum absolute atomic E-state index is 0.741. The van der Waals surface area contributed by atoms with Crippen LogP contribution in [0.15, 0.2) is 11.7 Å². The monoisotopic (exact) mass is 331 g/mol. The summed E-state index contributed by atoms with van der Waals surface area (Å²) >= 11 is 1.78. The molecule has 0 unspecified atom stereocenters. The van der Waals surface area contributed by atoms with Gasteiger partial charge < -0.3 is 9.80 Å². The first kappa shape index (κ1) is 15.3. The Labute approximate surface area is 141 Å². The van der Waals surface area contributed by atoms with Crippen LogP contribution >= 0.6 is 11.3 Å². The van der Waals surface area contributed by atoms with E-state index in [1.54, 1.807) is 17.7 Å². The van der Waals surface area contributed by atoms with Gasteiger partial charge in [-0.15, -0.1) is 11.3 Å². The summed E-state index contributed by atoms with van der Waals surface area (Å²) in [5, 5.41) is 2.19. The van der Waals surface area contributed by atoms with Crippen LogP contribution in [0, 0.1) is 6.92 Å². The molecule has 0 N–H and O–H groups in total. The first-order valence-corrected chi connectivity index (χ1v) is 9.46. The summed E-state index contributed by atoms with van der Waals surface area (Å²) in [6, 6.07) is 0.741. The molecule has 2 saturated heterocycles. The van der Waals surface area contributed by atoms with Gasteiger partial charge >= 0.3 is 0 Å². The molecule has 0 aromatic carbocycles. The molecule has 4 heterocycles. The van der Waals surface area contributed by atoms with E-state index >= 15 is 0 Å². The summed E-state index contributed by atoms with van der Waals surface area (Å²) in [5.74, 6) is 1.13. The normalized spacial score (nSPS) is 24.4. The van der Waals surface area contributed by atoms with Crippen LogP contribution in [0.2, 0.25) is 0 Å². The van der Waals surface area contributed by atoms with Crippen molar-refractivity contribution in [2.24, 2.45) is 0 Å². The molecule has 2 fully saturated rings. The molecule has 0 spiro atoms. The van der Waals surface area contributed by atoms with Gasteiger partial charge in [0.25, 0.3) is 0 Å². The van der Waals surface area contributed by atoms with Gasteiger partial charge in [0, 0.05) is 38.8 Å². The number of fused-ring (bicyclic) bond motifs is 1. The van der Waals surface area contributed by atoms with Crippen molar-refractivity contribution >= 4 is 27.4 Å². The van der Waals surface area contributed by atoms with Crippen molar-refractivity contribution in [1.82, 2.24) is 19.8 Å². The van der Waals surface area contributed by atoms with Crippen LogP contribution in [-0.4, -0.2) is 72.1 Å². The van der Waals surface area contributed by atoms with E-state index in [2.05, 4.69) is 44.0 Å². The summed E-state index contributed by atoms with van der Waals surface area (Å²) in [6.07, 6.45) is 4.41. The summed E-state index contributed by atoms with van der Waals surface area (Å²) in [5.41, 5.74) is 2.38. The molecule has 2 aromatic rings. The zero-order valence-electron chi connectivity index (χ0n) is 14.0. The first-order chi connectivity index (χ1) is 11.2. The van der Waals surface area contributed by atoms with Crippen molar-refractivity contribution in [1.29, 1.82) is 0 Å². The molecular weight excluding hydrogens is 306 g/mol. The lowest BCUT2D eigenvalue weighted by Crippen LogP contribution is -2.54. The molecule has 2 aromatic heterocycles. The summed E-state index contributed by atoms with van der Waals surface area (Å²) in [4.78, 5) is 16.6. The third-order valence-electron chi connectivity index (χ3n) is 5.24. The third-order valence-corrected chi connectivity index (χ3v) is 6.32. The number of hydrogen-bond donors (Lipinski definition) is 0. The quantitative estimate of drug-likeness (QED) is 0.843. The van der Waals surface area contributed by atoms with Gasteiger partial charge in [-0.2, -0.15) is 0 Å². The topological polar surface area (TPSA) is 35.5 Å². The van der Waals surface area contributed by atoms with Gasteiger partial charge in [0.1, 0.15) is 12.1 Å². The Hall–Kier alpha value is -1.24. The third kappa shape index (κ3) is 2.95. The Morgan fingerprint density at radius 3 is 2.74 bits per heavy atom. The Morgan fingerprint density at radius 2 is 1.96 bits per heavy atom. The average Bonchev–Trinajstić information content (AvgIpc) is 2.97. The molecule has 0 saturated carbocycles. The fraction of sp³-hybridized carbons (Fsp3) is 0.647. The lowest BCUT2D eigenvalue weighted by atomic mass is 10.0. The number of aryl methyl sites for hydroxylation is 1. The number of likely N-dealkylation sites (N-methyl/N-ethyl adjacent to an activating group) is 1. The van der Waals surface area contributed by atoms with E-state index < -0.39 is 0 Å². The van der Waals surface area contributed by atoms with E-state index in [1.165, 1.54) is 36.2 Å². The van der Waals surface area contributed by atoms with Crippen LogP contribution in [0.25, 0.3) is 10.2 Å². The Bertz CT molecular complexity index is 677. The number of nitrogens with zero attached hydrogens (tertiary/aromatic N) is 5. The Morgan fingerprint density at radius 1 is 1.13 bits per heavy atom. The fourth-order valence-electron chi connectivity index (χ4n) is 3.92. The summed E-state index contributed by atoms with van der Waals surface area (Å²) in [7, 11) is 2.25. The van der Waals surface area contributed by atoms with Crippen LogP contribution in [0.3, 0.4) is 0 Å². The number of hydrogen-bond acceptors (Lipinski definition) is 6. The van der Waals surface area contributed by atoms with Crippen molar-refractivity contribution < 1.29 is 0 Å². The second-order valence-corrected chi connectivity index (χ2v) is 7.75. The molecule has 2 aliphatic heterocycles. The van der Waals surface area contributed by atoms with Gasteiger partial charge in [-0.3, -0.25) is 4.90 Å². The van der Waals surface area contributed by atoms with Crippen LogP contribution in [0.5, 0.6) is 0 Å². The zero-order valence-corrected chi connectivity index (χ0v) is 14.8. The fourth-order valence-corrected chi connectivity index (χ4v) is 4.94. The molecule has 0 aliphatic carbocycles. The van der Waals surface area contributed by atoms with Crippen molar-refractivity contribution in [3.05, 3.63) is 17.3 Å². The molecule has 4 rings (SSSR count). The predicted molar refractivity (Wildman–Crippen MR) is 96.5 cm³/mol. The Kier molecular flexibility index (Phi) is 4.22. The molecule has 6 heteroatoms. The maximum atomic E-state index is 4.59. The van der Waals surface area contributed by atoms with Crippen molar-refractivity contribution in [2.75, 3.05) is 51.2 Å². The second-order valence-electron chi connectivity index (χ2n) is 6.88. The zero-order chi connectivity index (χ0) is 15.8. The highest BCUT2D eigenvalue weighted by atomic mass is 32.1. The number of piperidine rings is 1. The van der Waals surface area contributed by atoms with Crippen molar-refractivity contribution in [2.45, 2.75) is 25.8 Å². The number of piperazine rings is 1. The van der Waals surface area contributed by atoms with E-state index in [-0.39, 0.29) is 0 Å². The van der Waals surface area contributed by atoms with Gasteiger partial charge in [-0.25, -0.2) is 9.97 Å². The van der Waals surface area contributed by atoms with Gasteiger partial charge in [0.15, 0.2) is 0 Å². The van der Waals surface area contributed by atoms with Crippen molar-refractivity contribution in [3.8, 4) is 0 Å². The SMILES string of the molecule is Cc1csc2c(N3CCN([C@H]4CCCN(C)C4)CC3)ncnc12. The number of anilines is 1. The maximum absolute atomic E-state index is 4.59. The van der Waals surface area contributed by atoms with Gasteiger partial charge in [-0.1, -0.05) is 0 Å². The van der Waals surface area contributed by atoms with E-state index in [1.807, 2.05) is 0 Å². The summed E-state index contributed by atoms with van der Waals surface area (Å²) < 4.78 is 1.25. The largest absolute Gasteiger partial charge is 0.353 e. The van der Waals surface area contributed by atoms with E-state index in [9.17, 15) is 0 Å². The second kappa shape index (κ2) is 6.34. The lowest BCUT2D eigenvalue weighted by molar-refractivity contribution is 0.106. The molecule has 23 heavy (non-hydrogen) atoms. The highest BCUT2D eigenvalue weighted by Crippen LogP contribution is 2.31. The van der Waals surface area contributed by atoms with Crippen LogP contribution < -0.4 is 4.90 Å². The minimum atomic E-state index is 0.741. The highest BCUT2D eigenvalue weighted by Gasteiger charge is 2.28. The van der Waals surface area contributed by atoms with Gasteiger partial charge in [-0.05, 0) is 44.3 Å². The number of thiophene rings is 1. The van der Waals surface area contributed by atoms with E-state index in [0.717, 1.165) is 43.6 Å². The highest BCUT2D eigenvalue weighted by molar-refractivity contribution is 7.18. The van der Waals surface area contributed by atoms with Crippen LogP contribution in [0.4, 0.5) is 5.82 Å². The van der Waals surface area contributed by atoms with Gasteiger partial charge in [0.05, 0.1) is 10.2 Å². The first-order valence-electron chi connectivity index (χ1n) is 8.58. The standard InChI is InChI=1S/C17H25N5S/c1-13-11-23-16-15(13)18-12-19-17(16)22-8-6-21(7-9-22)14-4-3-5-20(2)10-14/h11-12,14H,3-10H2,1-2H3/t14-/m0/s1. The molecule has 1 atom stereocenters. The summed E-state index contributed by atoms with van der Waals surface area (Å²) in [6.45, 7) is 9.05. The minimum Gasteiger partial charge on any atom is -0.353 e. The number of likely N-dealkylation sites (tertiary alicyclic amines) is 1. The molecule has 2 aliphatic rings. The predicted octanol–water partition coefficient (Wildman–Crippen LogP) is 2.22. The Balaban J connectivity index is 1.46. The average molecular weight is 331 g/mol. The van der Waals surface area contributed by atoms with Crippen molar-refractivity contribution in [3.63, 3.8) is 0 Å². The molecule has 0 bridgehead atoms. The maximum Gasteiger partial charge on any atom is 0.150 e. The van der Waals surface area contributed by atoms with Crippen LogP contribution in [-0.2, 0) is 0 Å². The smallest absolute Gasteiger partial charge is 0.150 e. The molecular formula is C17H25N5S. The van der Waals surface area contributed by atoms with E-state index in [0.29, 0.717) is 0 Å².